The van der Waals surface area contributed by atoms with Crippen molar-refractivity contribution in [3.63, 3.8) is 0 Å². The molecule has 0 saturated heterocycles. The SMILES string of the molecule is COc1ccc(C2=C(C(C#N)C#N)C(=C(c3ccccc3)c3ccccc3)C(C#N)(C#N)c3cc(OC)ccc32)cc1. The minimum Gasteiger partial charge on any atom is -0.497 e. The molecule has 200 valence electrons. The van der Waals surface area contributed by atoms with Gasteiger partial charge < -0.3 is 9.47 Å². The van der Waals surface area contributed by atoms with Gasteiger partial charge in [0.1, 0.15) is 11.5 Å². The number of nitrogens with zero attached hydrogens (tertiary/aromatic N) is 4. The van der Waals surface area contributed by atoms with Crippen molar-refractivity contribution in [2.45, 2.75) is 5.41 Å². The van der Waals surface area contributed by atoms with Gasteiger partial charge in [-0.3, -0.25) is 0 Å². The monoisotopic (exact) mass is 544 g/mol. The zero-order valence-electron chi connectivity index (χ0n) is 23.0. The Morgan fingerprint density at radius 3 is 1.67 bits per heavy atom. The minimum absolute atomic E-state index is 0.296. The Morgan fingerprint density at radius 2 is 1.19 bits per heavy atom. The molecule has 5 rings (SSSR count). The van der Waals surface area contributed by atoms with Crippen LogP contribution in [0, 0.1) is 51.2 Å². The highest BCUT2D eigenvalue weighted by Crippen LogP contribution is 2.54. The van der Waals surface area contributed by atoms with E-state index in [1.807, 2.05) is 72.8 Å². The lowest BCUT2D eigenvalue weighted by Gasteiger charge is -2.37. The van der Waals surface area contributed by atoms with Gasteiger partial charge in [-0.25, -0.2) is 0 Å². The van der Waals surface area contributed by atoms with Gasteiger partial charge in [0.15, 0.2) is 11.3 Å². The van der Waals surface area contributed by atoms with Crippen LogP contribution in [-0.4, -0.2) is 14.2 Å². The van der Waals surface area contributed by atoms with E-state index in [1.54, 1.807) is 37.4 Å². The summed E-state index contributed by atoms with van der Waals surface area (Å²) in [7, 11) is 3.10. The Balaban J connectivity index is 2.11. The summed E-state index contributed by atoms with van der Waals surface area (Å²) in [6.07, 6.45) is 0. The molecule has 0 N–H and O–H groups in total. The molecule has 6 nitrogen and oxygen atoms in total. The van der Waals surface area contributed by atoms with Crippen LogP contribution in [0.3, 0.4) is 0 Å². The maximum Gasteiger partial charge on any atom is 0.195 e. The molecular formula is C36H24N4O2. The Hall–Kier alpha value is -6.08. The number of hydrogen-bond donors (Lipinski definition) is 0. The van der Waals surface area contributed by atoms with E-state index in [2.05, 4.69) is 24.3 Å². The largest absolute Gasteiger partial charge is 0.497 e. The first-order chi connectivity index (χ1) is 20.6. The molecule has 0 fully saturated rings. The minimum atomic E-state index is -1.89. The van der Waals surface area contributed by atoms with Gasteiger partial charge in [-0.05, 0) is 63.2 Å². The van der Waals surface area contributed by atoms with Crippen molar-refractivity contribution in [1.29, 1.82) is 21.0 Å². The van der Waals surface area contributed by atoms with Crippen molar-refractivity contribution in [2.75, 3.05) is 14.2 Å². The summed E-state index contributed by atoms with van der Waals surface area (Å²) in [5.41, 5.74) is 3.06. The third-order valence-corrected chi connectivity index (χ3v) is 7.45. The average Bonchev–Trinajstić information content (AvgIpc) is 3.06. The topological polar surface area (TPSA) is 114 Å². The molecule has 4 aromatic rings. The number of allylic oxidation sites excluding steroid dienone is 2. The van der Waals surface area contributed by atoms with Crippen LogP contribution in [0.15, 0.2) is 114 Å². The number of benzene rings is 4. The fourth-order valence-electron chi connectivity index (χ4n) is 5.55. The summed E-state index contributed by atoms with van der Waals surface area (Å²) >= 11 is 0. The quantitative estimate of drug-likeness (QED) is 0.259. The van der Waals surface area contributed by atoms with Crippen LogP contribution in [0.5, 0.6) is 11.5 Å². The van der Waals surface area contributed by atoms with Crippen molar-refractivity contribution < 1.29 is 9.47 Å². The molecule has 0 atom stereocenters. The highest BCUT2D eigenvalue weighted by molar-refractivity contribution is 5.99. The summed E-state index contributed by atoms with van der Waals surface area (Å²) in [5.74, 6) is -0.188. The summed E-state index contributed by atoms with van der Waals surface area (Å²) in [5, 5.41) is 42.7. The average molecular weight is 545 g/mol. The third-order valence-electron chi connectivity index (χ3n) is 7.45. The first kappa shape index (κ1) is 27.5. The normalized spacial score (nSPS) is 13.2. The molecule has 0 aromatic heterocycles. The Kier molecular flexibility index (Phi) is 7.57. The van der Waals surface area contributed by atoms with Gasteiger partial charge in [0, 0.05) is 11.1 Å². The van der Waals surface area contributed by atoms with Crippen LogP contribution >= 0.6 is 0 Å². The Labute approximate surface area is 244 Å². The number of rotatable bonds is 6. The van der Waals surface area contributed by atoms with Crippen LogP contribution in [-0.2, 0) is 5.41 Å². The Bertz CT molecular complexity index is 1810. The molecule has 0 bridgehead atoms. The molecule has 0 spiro atoms. The van der Waals surface area contributed by atoms with E-state index in [0.717, 1.165) is 11.1 Å². The fourth-order valence-corrected chi connectivity index (χ4v) is 5.55. The van der Waals surface area contributed by atoms with Gasteiger partial charge >= 0.3 is 0 Å². The zero-order valence-corrected chi connectivity index (χ0v) is 23.0. The lowest BCUT2D eigenvalue weighted by molar-refractivity contribution is 0.414. The zero-order chi connectivity index (χ0) is 29.7. The molecule has 0 heterocycles. The predicted octanol–water partition coefficient (Wildman–Crippen LogP) is 6.97. The lowest BCUT2D eigenvalue weighted by atomic mass is 9.60. The van der Waals surface area contributed by atoms with E-state index in [0.29, 0.717) is 50.5 Å². The van der Waals surface area contributed by atoms with E-state index in [1.165, 1.54) is 7.11 Å². The summed E-state index contributed by atoms with van der Waals surface area (Å²) in [6, 6.07) is 40.3. The molecule has 1 aliphatic carbocycles. The van der Waals surface area contributed by atoms with Crippen molar-refractivity contribution in [3.05, 3.63) is 142 Å². The second-order valence-corrected chi connectivity index (χ2v) is 9.58. The highest BCUT2D eigenvalue weighted by atomic mass is 16.5. The number of nitriles is 4. The molecule has 0 unspecified atom stereocenters. The fraction of sp³-hybridized carbons (Fsp3) is 0.111. The van der Waals surface area contributed by atoms with Crippen molar-refractivity contribution in [3.8, 4) is 35.8 Å². The van der Waals surface area contributed by atoms with Crippen LogP contribution in [0.4, 0.5) is 0 Å². The smallest absolute Gasteiger partial charge is 0.195 e. The van der Waals surface area contributed by atoms with E-state index >= 15 is 0 Å². The molecule has 4 aromatic carbocycles. The second-order valence-electron chi connectivity index (χ2n) is 9.58. The first-order valence-corrected chi connectivity index (χ1v) is 13.1. The summed E-state index contributed by atoms with van der Waals surface area (Å²) < 4.78 is 10.9. The lowest BCUT2D eigenvalue weighted by Crippen LogP contribution is -2.34. The summed E-state index contributed by atoms with van der Waals surface area (Å²) in [6.45, 7) is 0. The molecule has 6 heteroatoms. The van der Waals surface area contributed by atoms with Gasteiger partial charge in [-0.1, -0.05) is 78.9 Å². The molecule has 0 radical (unpaired) electrons. The molecule has 0 amide bonds. The Morgan fingerprint density at radius 1 is 0.667 bits per heavy atom. The highest BCUT2D eigenvalue weighted by Gasteiger charge is 2.49. The summed E-state index contributed by atoms with van der Waals surface area (Å²) in [4.78, 5) is 0. The molecule has 0 saturated carbocycles. The molecule has 0 aliphatic heterocycles. The van der Waals surface area contributed by atoms with Gasteiger partial charge in [0.2, 0.25) is 0 Å². The van der Waals surface area contributed by atoms with E-state index in [-0.39, 0.29) is 0 Å². The van der Waals surface area contributed by atoms with Crippen LogP contribution < -0.4 is 9.47 Å². The van der Waals surface area contributed by atoms with E-state index in [4.69, 9.17) is 9.47 Å². The maximum atomic E-state index is 11.0. The molecule has 1 aliphatic rings. The molecular weight excluding hydrogens is 520 g/mol. The predicted molar refractivity (Wildman–Crippen MR) is 159 cm³/mol. The van der Waals surface area contributed by atoms with E-state index < -0.39 is 11.3 Å². The van der Waals surface area contributed by atoms with Gasteiger partial charge in [0.05, 0.1) is 38.5 Å². The van der Waals surface area contributed by atoms with Crippen molar-refractivity contribution in [2.24, 2.45) is 5.92 Å². The van der Waals surface area contributed by atoms with Crippen molar-refractivity contribution >= 4 is 11.1 Å². The van der Waals surface area contributed by atoms with E-state index in [9.17, 15) is 21.0 Å². The molecule has 42 heavy (non-hydrogen) atoms. The number of hydrogen-bond acceptors (Lipinski definition) is 6. The number of fused-ring (bicyclic) bond motifs is 1. The van der Waals surface area contributed by atoms with Gasteiger partial charge in [-0.2, -0.15) is 21.0 Å². The third kappa shape index (κ3) is 4.45. The first-order valence-electron chi connectivity index (χ1n) is 13.1. The standard InChI is InChI=1S/C36H24N4O2/c1-41-28-15-13-26(14-16-28)33-30-18-17-29(42-2)19-31(30)36(22-39,23-40)35(34(33)27(20-37)21-38)32(24-9-5-3-6-10-24)25-11-7-4-8-12-25/h3-19,27H,1-2H3. The second kappa shape index (κ2) is 11.6. The van der Waals surface area contributed by atoms with Gasteiger partial charge in [0.25, 0.3) is 0 Å². The van der Waals surface area contributed by atoms with Crippen molar-refractivity contribution in [1.82, 2.24) is 0 Å². The number of ether oxygens (including phenoxy) is 2. The van der Waals surface area contributed by atoms with Gasteiger partial charge in [-0.15, -0.1) is 0 Å². The van der Waals surface area contributed by atoms with Crippen LogP contribution in [0.25, 0.3) is 11.1 Å². The van der Waals surface area contributed by atoms with Crippen LogP contribution in [0.2, 0.25) is 0 Å². The van der Waals surface area contributed by atoms with Crippen LogP contribution in [0.1, 0.15) is 27.8 Å². The number of methoxy groups -OCH3 is 2. The maximum absolute atomic E-state index is 11.0.